The first-order valence-electron chi connectivity index (χ1n) is 6.04. The van der Waals surface area contributed by atoms with Crippen LogP contribution in [0, 0.1) is 12.7 Å². The van der Waals surface area contributed by atoms with Gasteiger partial charge in [-0.25, -0.2) is 4.39 Å². The summed E-state index contributed by atoms with van der Waals surface area (Å²) in [7, 11) is 1.83. The van der Waals surface area contributed by atoms with E-state index < -0.39 is 0 Å². The molecule has 0 aliphatic heterocycles. The minimum absolute atomic E-state index is 0.103. The number of hydrogen-bond acceptors (Lipinski definition) is 2. The van der Waals surface area contributed by atoms with Gasteiger partial charge in [0.2, 0.25) is 0 Å². The first-order chi connectivity index (χ1) is 8.70. The summed E-state index contributed by atoms with van der Waals surface area (Å²) in [5.74, 6) is -0.260. The summed E-state index contributed by atoms with van der Waals surface area (Å²) in [6, 6.07) is 11.2. The maximum Gasteiger partial charge on any atom is 0.146 e. The zero-order valence-electron chi connectivity index (χ0n) is 10.7. The maximum atomic E-state index is 13.7. The van der Waals surface area contributed by atoms with Gasteiger partial charge in [-0.05, 0) is 38.1 Å². The zero-order valence-corrected chi connectivity index (χ0v) is 10.7. The lowest BCUT2D eigenvalue weighted by molar-refractivity contribution is 0.517. The molecule has 0 fully saturated rings. The third kappa shape index (κ3) is 2.93. The van der Waals surface area contributed by atoms with E-state index in [1.165, 1.54) is 17.2 Å². The van der Waals surface area contributed by atoms with Crippen molar-refractivity contribution in [3.8, 4) is 0 Å². The molecule has 3 heteroatoms. The van der Waals surface area contributed by atoms with E-state index >= 15 is 0 Å². The van der Waals surface area contributed by atoms with Crippen molar-refractivity contribution in [3.63, 3.8) is 0 Å². The molecule has 0 bridgehead atoms. The molecule has 0 spiro atoms. The van der Waals surface area contributed by atoms with E-state index in [1.807, 2.05) is 7.05 Å². The second-order valence-corrected chi connectivity index (χ2v) is 4.40. The first-order valence-corrected chi connectivity index (χ1v) is 6.04. The summed E-state index contributed by atoms with van der Waals surface area (Å²) in [5, 5.41) is 3.12. The number of benzene rings is 1. The Hall–Kier alpha value is -1.74. The topological polar surface area (TPSA) is 24.9 Å². The van der Waals surface area contributed by atoms with Crippen LogP contribution in [0.15, 0.2) is 42.6 Å². The van der Waals surface area contributed by atoms with Crippen molar-refractivity contribution in [1.82, 2.24) is 10.3 Å². The van der Waals surface area contributed by atoms with E-state index in [9.17, 15) is 4.39 Å². The molecule has 0 saturated heterocycles. The number of likely N-dealkylation sites (N-methyl/N-ethyl adjacent to an activating group) is 1. The van der Waals surface area contributed by atoms with Gasteiger partial charge in [-0.2, -0.15) is 0 Å². The highest BCUT2D eigenvalue weighted by Gasteiger charge is 2.15. The smallest absolute Gasteiger partial charge is 0.146 e. The Morgan fingerprint density at radius 2 is 1.94 bits per heavy atom. The van der Waals surface area contributed by atoms with Crippen LogP contribution >= 0.6 is 0 Å². The van der Waals surface area contributed by atoms with Crippen LogP contribution in [0.5, 0.6) is 0 Å². The Balaban J connectivity index is 2.20. The normalized spacial score (nSPS) is 12.4. The zero-order chi connectivity index (χ0) is 13.0. The predicted molar refractivity (Wildman–Crippen MR) is 70.9 cm³/mol. The molecule has 2 rings (SSSR count). The van der Waals surface area contributed by atoms with E-state index in [4.69, 9.17) is 0 Å². The lowest BCUT2D eigenvalue weighted by Crippen LogP contribution is -2.21. The largest absolute Gasteiger partial charge is 0.311 e. The Kier molecular flexibility index (Phi) is 4.05. The molecular weight excluding hydrogens is 227 g/mol. The van der Waals surface area contributed by atoms with Crippen LogP contribution in [0.4, 0.5) is 4.39 Å². The summed E-state index contributed by atoms with van der Waals surface area (Å²) in [5.41, 5.74) is 2.87. The fraction of sp³-hybridized carbons (Fsp3) is 0.267. The second kappa shape index (κ2) is 5.74. The fourth-order valence-electron chi connectivity index (χ4n) is 1.95. The van der Waals surface area contributed by atoms with E-state index in [0.717, 1.165) is 6.42 Å². The number of hydrogen-bond donors (Lipinski definition) is 1. The maximum absolute atomic E-state index is 13.7. The third-order valence-corrected chi connectivity index (χ3v) is 3.03. The average molecular weight is 244 g/mol. The fourth-order valence-corrected chi connectivity index (χ4v) is 1.95. The lowest BCUT2D eigenvalue weighted by atomic mass is 10.0. The Morgan fingerprint density at radius 1 is 1.22 bits per heavy atom. The van der Waals surface area contributed by atoms with Crippen molar-refractivity contribution in [1.29, 1.82) is 0 Å². The van der Waals surface area contributed by atoms with E-state index in [0.29, 0.717) is 5.69 Å². The highest BCUT2D eigenvalue weighted by molar-refractivity contribution is 5.24. The van der Waals surface area contributed by atoms with Crippen LogP contribution < -0.4 is 5.32 Å². The number of aromatic nitrogens is 1. The number of nitrogens with one attached hydrogen (secondary N) is 1. The standard InChI is InChI=1S/C15H17FN2/c1-11-5-7-12(8-6-11)10-14(17-2)15-13(16)4-3-9-18-15/h3-9,14,17H,10H2,1-2H3. The van der Waals surface area contributed by atoms with Crippen molar-refractivity contribution in [2.45, 2.75) is 19.4 Å². The van der Waals surface area contributed by atoms with Crippen LogP contribution in [0.1, 0.15) is 22.9 Å². The minimum Gasteiger partial charge on any atom is -0.311 e. The molecule has 1 N–H and O–H groups in total. The van der Waals surface area contributed by atoms with Gasteiger partial charge in [-0.15, -0.1) is 0 Å². The van der Waals surface area contributed by atoms with Crippen molar-refractivity contribution in [2.75, 3.05) is 7.05 Å². The number of nitrogens with zero attached hydrogens (tertiary/aromatic N) is 1. The van der Waals surface area contributed by atoms with Gasteiger partial charge in [-0.3, -0.25) is 4.98 Å². The molecule has 1 unspecified atom stereocenters. The molecule has 0 amide bonds. The highest BCUT2D eigenvalue weighted by atomic mass is 19.1. The third-order valence-electron chi connectivity index (χ3n) is 3.03. The van der Waals surface area contributed by atoms with Gasteiger partial charge in [0.1, 0.15) is 5.82 Å². The average Bonchev–Trinajstić information content (AvgIpc) is 2.39. The molecule has 0 saturated carbocycles. The summed E-state index contributed by atoms with van der Waals surface area (Å²) < 4.78 is 13.7. The van der Waals surface area contributed by atoms with Crippen LogP contribution in [0.2, 0.25) is 0 Å². The summed E-state index contributed by atoms with van der Waals surface area (Å²) in [6.45, 7) is 2.05. The number of rotatable bonds is 4. The molecule has 1 atom stereocenters. The molecular formula is C15H17FN2. The number of pyridine rings is 1. The van der Waals surface area contributed by atoms with Crippen LogP contribution in [-0.2, 0) is 6.42 Å². The van der Waals surface area contributed by atoms with E-state index in [2.05, 4.69) is 41.5 Å². The highest BCUT2D eigenvalue weighted by Crippen LogP contribution is 2.19. The van der Waals surface area contributed by atoms with Gasteiger partial charge >= 0.3 is 0 Å². The van der Waals surface area contributed by atoms with Gasteiger partial charge in [-0.1, -0.05) is 29.8 Å². The Morgan fingerprint density at radius 3 is 2.56 bits per heavy atom. The number of halogens is 1. The number of aryl methyl sites for hydroxylation is 1. The van der Waals surface area contributed by atoms with Crippen molar-refractivity contribution in [3.05, 3.63) is 65.2 Å². The molecule has 0 aliphatic rings. The second-order valence-electron chi connectivity index (χ2n) is 4.40. The monoisotopic (exact) mass is 244 g/mol. The molecule has 1 heterocycles. The molecule has 1 aromatic heterocycles. The minimum atomic E-state index is -0.260. The van der Waals surface area contributed by atoms with Crippen molar-refractivity contribution >= 4 is 0 Å². The lowest BCUT2D eigenvalue weighted by Gasteiger charge is -2.16. The van der Waals surface area contributed by atoms with Crippen LogP contribution in [0.3, 0.4) is 0 Å². The first kappa shape index (κ1) is 12.7. The molecule has 2 aromatic rings. The van der Waals surface area contributed by atoms with Gasteiger partial charge in [0.15, 0.2) is 0 Å². The van der Waals surface area contributed by atoms with Crippen molar-refractivity contribution < 1.29 is 4.39 Å². The van der Waals surface area contributed by atoms with Gasteiger partial charge < -0.3 is 5.32 Å². The molecule has 1 aromatic carbocycles. The van der Waals surface area contributed by atoms with E-state index in [-0.39, 0.29) is 11.9 Å². The molecule has 94 valence electrons. The van der Waals surface area contributed by atoms with Crippen molar-refractivity contribution in [2.24, 2.45) is 0 Å². The summed E-state index contributed by atoms with van der Waals surface area (Å²) >= 11 is 0. The van der Waals surface area contributed by atoms with Crippen LogP contribution in [-0.4, -0.2) is 12.0 Å². The summed E-state index contributed by atoms with van der Waals surface area (Å²) in [6.07, 6.45) is 2.35. The quantitative estimate of drug-likeness (QED) is 0.894. The van der Waals surface area contributed by atoms with E-state index in [1.54, 1.807) is 12.3 Å². The molecule has 0 aliphatic carbocycles. The van der Waals surface area contributed by atoms with Gasteiger partial charge in [0, 0.05) is 6.20 Å². The van der Waals surface area contributed by atoms with Crippen LogP contribution in [0.25, 0.3) is 0 Å². The Bertz CT molecular complexity index is 508. The summed E-state index contributed by atoms with van der Waals surface area (Å²) in [4.78, 5) is 4.13. The molecule has 18 heavy (non-hydrogen) atoms. The SMILES string of the molecule is CNC(Cc1ccc(C)cc1)c1ncccc1F. The molecule has 2 nitrogen and oxygen atoms in total. The van der Waals surface area contributed by atoms with Gasteiger partial charge in [0.05, 0.1) is 11.7 Å². The predicted octanol–water partition coefficient (Wildman–Crippen LogP) is 3.03. The molecule has 0 radical (unpaired) electrons. The Labute approximate surface area is 107 Å². The van der Waals surface area contributed by atoms with Gasteiger partial charge in [0.25, 0.3) is 0 Å².